The number of esters is 1. The lowest BCUT2D eigenvalue weighted by molar-refractivity contribution is -0.387. The number of nitro groups is 1. The summed E-state index contributed by atoms with van der Waals surface area (Å²) in [5.74, 6) is -4.45. The molecule has 0 spiro atoms. The highest BCUT2D eigenvalue weighted by Gasteiger charge is 2.58. The maximum absolute atomic E-state index is 14.5. The van der Waals surface area contributed by atoms with E-state index in [0.29, 0.717) is 54.6 Å². The van der Waals surface area contributed by atoms with Crippen LogP contribution in [-0.2, 0) is 92.9 Å². The number of rotatable bonds is 41. The van der Waals surface area contributed by atoms with Gasteiger partial charge in [-0.05, 0) is 97.2 Å². The van der Waals surface area contributed by atoms with Crippen molar-refractivity contribution in [2.75, 3.05) is 89.5 Å². The van der Waals surface area contributed by atoms with Crippen LogP contribution in [0.4, 0.5) is 51.5 Å². The highest BCUT2D eigenvalue weighted by molar-refractivity contribution is 6.05. The predicted molar refractivity (Wildman–Crippen MR) is 430 cm³/mol. The van der Waals surface area contributed by atoms with E-state index in [4.69, 9.17) is 75.8 Å². The molecule has 39 heteroatoms. The molecular weight excluding hydrogens is 1600 g/mol. The van der Waals surface area contributed by atoms with Crippen molar-refractivity contribution in [2.24, 2.45) is 5.92 Å². The number of carbonyl (C=O) groups is 11. The first-order valence-corrected chi connectivity index (χ1v) is 38.1. The van der Waals surface area contributed by atoms with Crippen LogP contribution in [0.2, 0.25) is 0 Å². The van der Waals surface area contributed by atoms with Crippen LogP contribution in [-0.4, -0.2) is 220 Å². The lowest BCUT2D eigenvalue weighted by Gasteiger charge is -2.42. The largest absolute Gasteiger partial charge is 0.509 e. The number of anilines is 3. The van der Waals surface area contributed by atoms with Crippen molar-refractivity contribution in [1.29, 1.82) is 0 Å². The Labute approximate surface area is 700 Å². The minimum Gasteiger partial charge on any atom is -0.493 e. The lowest BCUT2D eigenvalue weighted by Crippen LogP contribution is -2.64. The second-order valence-electron chi connectivity index (χ2n) is 27.3. The number of nitrogens with one attached hydrogen (secondary N) is 5. The van der Waals surface area contributed by atoms with Crippen LogP contribution in [0.15, 0.2) is 154 Å². The topological polar surface area (TPSA) is 486 Å². The first-order chi connectivity index (χ1) is 58.7. The zero-order chi connectivity index (χ0) is 88.5. The summed E-state index contributed by atoms with van der Waals surface area (Å²) in [6.45, 7) is 19.0. The molecular formula is C83H96N8O31. The molecule has 3 saturated heterocycles. The maximum Gasteiger partial charge on any atom is 0.509 e. The van der Waals surface area contributed by atoms with Gasteiger partial charge in [0.1, 0.15) is 71.5 Å². The number of hydrogen-bond donors (Lipinski definition) is 7. The van der Waals surface area contributed by atoms with E-state index in [-0.39, 0.29) is 103 Å². The van der Waals surface area contributed by atoms with Crippen LogP contribution in [0, 0.1) is 16.0 Å². The average Bonchev–Trinajstić information content (AvgIpc) is 1.13. The molecule has 0 saturated carbocycles. The minimum atomic E-state index is -2.22. The van der Waals surface area contributed by atoms with E-state index in [9.17, 15) is 73.1 Å². The Kier molecular flexibility index (Phi) is 35.6. The van der Waals surface area contributed by atoms with E-state index in [1.807, 2.05) is 0 Å². The van der Waals surface area contributed by atoms with Crippen molar-refractivity contribution in [1.82, 2.24) is 20.4 Å². The van der Waals surface area contributed by atoms with Crippen molar-refractivity contribution >= 4 is 89.1 Å². The van der Waals surface area contributed by atoms with Gasteiger partial charge in [-0.1, -0.05) is 114 Å². The molecule has 9 atom stereocenters. The van der Waals surface area contributed by atoms with Crippen LogP contribution in [0.5, 0.6) is 28.7 Å². The standard InChI is InChI=1S/C83H96N8O31/c1-11-31-109-76(98)70-68(120-81(102)111-33-13-3)69(121-82(103)112-34-14-4)71(122-83(104)113-35-15-5)77(119-70)118-62-28-25-53(37-61(62)91(105)106)47-117-79(100)87-60-41-66(64(108-10)39-58(60)75(97)90-30-18-22-56(90)43-93)115-46-52-20-16-19-51(36-52)45-114-65-40-59(57(38-63(65)107-9)74(96)89-29-17-21-55(89)42-92)86-78(99)116-44-50-23-26-54(27-24-50)85-72(94)49(8)84-73(95)67(48(6)7)88-80(101)110-32-12-2/h11-16,19-20,23-28,36-41,48-49,55-56,67-71,77,92-93H,1-5,17-18,21-22,29-35,42-47H2,6-10H3,(H,84,95)(H,85,94)(H,86,99)(H,87,100)(H,88,101)/t49-,55-,56-,67-,68-,69-,70-,71+,77+/m0/s1. The number of nitrogens with zero attached hydrogens (tertiary/aromatic N) is 3. The Hall–Kier alpha value is -14.0. The summed E-state index contributed by atoms with van der Waals surface area (Å²) >= 11 is 0. The number of aliphatic hydroxyl groups excluding tert-OH is 2. The minimum absolute atomic E-state index is 0.000643. The predicted octanol–water partition coefficient (Wildman–Crippen LogP) is 9.80. The summed E-state index contributed by atoms with van der Waals surface area (Å²) in [4.78, 5) is 163. The zero-order valence-electron chi connectivity index (χ0n) is 67.5. The fourth-order valence-electron chi connectivity index (χ4n) is 12.5. The van der Waals surface area contributed by atoms with E-state index in [2.05, 4.69) is 59.5 Å². The van der Waals surface area contributed by atoms with Gasteiger partial charge in [0.15, 0.2) is 47.1 Å². The zero-order valence-corrected chi connectivity index (χ0v) is 67.5. The number of amides is 7. The fraction of sp³-hybridized carbons (Fsp3) is 0.386. The molecule has 5 aromatic carbocycles. The molecule has 3 aliphatic rings. The van der Waals surface area contributed by atoms with Crippen molar-refractivity contribution in [2.45, 2.75) is 128 Å². The summed E-state index contributed by atoms with van der Waals surface area (Å²) in [5, 5.41) is 46.4. The van der Waals surface area contributed by atoms with Gasteiger partial charge in [0, 0.05) is 37.0 Å². The molecule has 654 valence electrons. The third-order valence-electron chi connectivity index (χ3n) is 18.5. The van der Waals surface area contributed by atoms with Gasteiger partial charge in [-0.25, -0.2) is 33.6 Å². The van der Waals surface area contributed by atoms with Gasteiger partial charge in [0.25, 0.3) is 11.8 Å². The number of alkyl carbamates (subject to hydrolysis) is 1. The Morgan fingerprint density at radius 3 is 1.47 bits per heavy atom. The fourth-order valence-corrected chi connectivity index (χ4v) is 12.5. The third-order valence-corrected chi connectivity index (χ3v) is 18.5. The van der Waals surface area contributed by atoms with Gasteiger partial charge < -0.3 is 112 Å². The number of aliphatic hydroxyl groups is 2. The van der Waals surface area contributed by atoms with Crippen LogP contribution < -0.4 is 50.3 Å². The molecule has 7 N–H and O–H groups in total. The van der Waals surface area contributed by atoms with Crippen molar-refractivity contribution < 1.29 is 144 Å². The third kappa shape index (κ3) is 26.3. The molecule has 39 nitrogen and oxygen atoms in total. The Balaban J connectivity index is 0.980. The second kappa shape index (κ2) is 46.4. The van der Waals surface area contributed by atoms with Crippen molar-refractivity contribution in [3.8, 4) is 28.7 Å². The number of carbonyl (C=O) groups excluding carboxylic acids is 11. The van der Waals surface area contributed by atoms with Crippen LogP contribution in [0.1, 0.15) is 89.4 Å². The number of likely N-dealkylation sites (tertiary alicyclic amines) is 2. The van der Waals surface area contributed by atoms with Crippen molar-refractivity contribution in [3.05, 3.63) is 198 Å². The summed E-state index contributed by atoms with van der Waals surface area (Å²) in [6.07, 6.45) is -10.2. The number of benzene rings is 5. The van der Waals surface area contributed by atoms with Crippen molar-refractivity contribution in [3.63, 3.8) is 0 Å². The van der Waals surface area contributed by atoms with E-state index < -0.39 is 171 Å². The Morgan fingerprint density at radius 1 is 0.516 bits per heavy atom. The van der Waals surface area contributed by atoms with Gasteiger partial charge in [-0.3, -0.25) is 39.9 Å². The molecule has 3 heterocycles. The first-order valence-electron chi connectivity index (χ1n) is 38.1. The van der Waals surface area contributed by atoms with E-state index in [0.717, 1.165) is 30.4 Å². The number of methoxy groups -OCH3 is 2. The molecule has 0 aliphatic carbocycles. The molecule has 0 aromatic heterocycles. The number of hydrogen-bond acceptors (Lipinski definition) is 31. The van der Waals surface area contributed by atoms with E-state index in [1.54, 1.807) is 62.4 Å². The Bertz CT molecular complexity index is 4620. The van der Waals surface area contributed by atoms with E-state index >= 15 is 0 Å². The molecule has 8 rings (SSSR count). The maximum atomic E-state index is 14.5. The quantitative estimate of drug-likeness (QED) is 0.00629. The second-order valence-corrected chi connectivity index (χ2v) is 27.3. The molecule has 7 amide bonds. The molecule has 3 aliphatic heterocycles. The van der Waals surface area contributed by atoms with Crippen LogP contribution in [0.25, 0.3) is 0 Å². The molecule has 5 aromatic rings. The molecule has 3 fully saturated rings. The molecule has 0 unspecified atom stereocenters. The van der Waals surface area contributed by atoms with E-state index in [1.165, 1.54) is 73.4 Å². The number of nitro benzene ring substituents is 1. The smallest absolute Gasteiger partial charge is 0.493 e. The van der Waals surface area contributed by atoms with Gasteiger partial charge >= 0.3 is 48.4 Å². The van der Waals surface area contributed by atoms with Gasteiger partial charge in [0.2, 0.25) is 24.2 Å². The highest BCUT2D eigenvalue weighted by atomic mass is 16.8. The monoisotopic (exact) mass is 1700 g/mol. The van der Waals surface area contributed by atoms with Crippen LogP contribution >= 0.6 is 0 Å². The molecule has 0 radical (unpaired) electrons. The average molecular weight is 1700 g/mol. The summed E-state index contributed by atoms with van der Waals surface area (Å²) in [7, 11) is 2.67. The molecule has 0 bridgehead atoms. The summed E-state index contributed by atoms with van der Waals surface area (Å²) in [5.41, 5.74) is 0.725. The van der Waals surface area contributed by atoms with Gasteiger partial charge in [-0.15, -0.1) is 0 Å². The van der Waals surface area contributed by atoms with Gasteiger partial charge in [-0.2, -0.15) is 0 Å². The highest BCUT2D eigenvalue weighted by Crippen LogP contribution is 2.40. The normalized spacial score (nSPS) is 17.4. The Morgan fingerprint density at radius 2 is 0.984 bits per heavy atom. The SMILES string of the molecule is C=CCOC(=O)N[C@H](C(=O)N[C@@H](C)C(=O)Nc1ccc(COC(=O)Nc2cc(OCc3cccc(COc4cc(NC(=O)OCc5ccc(O[C@@H]6O[C@H](C(=O)OCC=C)[C@@H](OC(=O)OCC=C)[C@H](OC(=O)OCC=C)[C@H]6OC(=O)OCC=C)c([N+](=O)[O-])c5)c(C(=O)N5CCC[C@H]5CO)cc4OC)c3)c(OC)cc2C(=O)N2CCC[C@H]2CO)cc1)C(C)C. The lowest BCUT2D eigenvalue weighted by atomic mass is 9.98. The summed E-state index contributed by atoms with van der Waals surface area (Å²) < 4.78 is 88.7. The van der Waals surface area contributed by atoms with Gasteiger partial charge in [0.05, 0.1) is 66.9 Å². The first kappa shape index (κ1) is 93.5. The molecule has 122 heavy (non-hydrogen) atoms. The van der Waals surface area contributed by atoms with Crippen LogP contribution in [0.3, 0.4) is 0 Å². The number of ether oxygens (including phenoxy) is 16. The summed E-state index contributed by atoms with van der Waals surface area (Å²) in [6, 6.07) is 18.6.